The van der Waals surface area contributed by atoms with Crippen molar-refractivity contribution in [3.8, 4) is 0 Å². The Balaban J connectivity index is 1.52. The Morgan fingerprint density at radius 2 is 1.69 bits per heavy atom. The number of hydrogen-bond acceptors (Lipinski definition) is 3. The summed E-state index contributed by atoms with van der Waals surface area (Å²) in [6.45, 7) is 2.67. The van der Waals surface area contributed by atoms with Gasteiger partial charge < -0.3 is 9.64 Å². The van der Waals surface area contributed by atoms with Gasteiger partial charge in [0.15, 0.2) is 5.78 Å². The summed E-state index contributed by atoms with van der Waals surface area (Å²) in [5, 5.41) is 2.09. The second kappa shape index (κ2) is 7.58. The van der Waals surface area contributed by atoms with Crippen LogP contribution in [-0.2, 0) is 9.53 Å². The maximum Gasteiger partial charge on any atom is 0.225 e. The molecule has 0 aromatic heterocycles. The number of ether oxygens (including phenoxy) is 1. The third kappa shape index (κ3) is 3.38. The summed E-state index contributed by atoms with van der Waals surface area (Å²) in [6.07, 6.45) is 3.37. The lowest BCUT2D eigenvalue weighted by molar-refractivity contribution is -0.140. The highest BCUT2D eigenvalue weighted by Crippen LogP contribution is 2.27. The van der Waals surface area contributed by atoms with Gasteiger partial charge in [-0.3, -0.25) is 9.59 Å². The van der Waals surface area contributed by atoms with Crippen LogP contribution >= 0.6 is 0 Å². The van der Waals surface area contributed by atoms with Crippen LogP contribution in [-0.4, -0.2) is 42.9 Å². The summed E-state index contributed by atoms with van der Waals surface area (Å²) in [7, 11) is 0. The number of ketones is 1. The number of carbonyl (C=O) groups excluding carboxylic acids is 2. The van der Waals surface area contributed by atoms with Gasteiger partial charge in [-0.25, -0.2) is 0 Å². The van der Waals surface area contributed by atoms with Gasteiger partial charge in [0.1, 0.15) is 0 Å². The van der Waals surface area contributed by atoms with E-state index in [0.29, 0.717) is 19.8 Å². The first-order chi connectivity index (χ1) is 12.7. The Morgan fingerprint density at radius 1 is 0.923 bits per heavy atom. The first kappa shape index (κ1) is 17.2. The van der Waals surface area contributed by atoms with Crippen molar-refractivity contribution in [2.45, 2.75) is 25.7 Å². The highest BCUT2D eigenvalue weighted by atomic mass is 16.5. The maximum atomic E-state index is 13.2. The lowest BCUT2D eigenvalue weighted by Gasteiger charge is -2.35. The monoisotopic (exact) mass is 351 g/mol. The topological polar surface area (TPSA) is 46.6 Å². The molecular formula is C22H25NO3. The highest BCUT2D eigenvalue weighted by molar-refractivity contribution is 6.09. The van der Waals surface area contributed by atoms with Crippen LogP contribution in [0.3, 0.4) is 0 Å². The SMILES string of the molecule is O=C(c1cccc2ccccc12)[C@@H]1CCCN(C(=O)C2CCOCC2)C1. The van der Waals surface area contributed by atoms with E-state index in [1.165, 1.54) is 0 Å². The van der Waals surface area contributed by atoms with Crippen LogP contribution in [0.15, 0.2) is 42.5 Å². The zero-order valence-corrected chi connectivity index (χ0v) is 15.0. The minimum atomic E-state index is -0.0988. The number of hydrogen-bond donors (Lipinski definition) is 0. The predicted molar refractivity (Wildman–Crippen MR) is 101 cm³/mol. The highest BCUT2D eigenvalue weighted by Gasteiger charge is 2.33. The molecule has 2 aromatic rings. The van der Waals surface area contributed by atoms with Crippen molar-refractivity contribution < 1.29 is 14.3 Å². The number of rotatable bonds is 3. The van der Waals surface area contributed by atoms with Crippen molar-refractivity contribution in [3.05, 3.63) is 48.0 Å². The zero-order chi connectivity index (χ0) is 17.9. The largest absolute Gasteiger partial charge is 0.381 e. The van der Waals surface area contributed by atoms with Crippen molar-refractivity contribution in [3.63, 3.8) is 0 Å². The van der Waals surface area contributed by atoms with E-state index in [1.807, 2.05) is 47.4 Å². The van der Waals surface area contributed by atoms with Gasteiger partial charge in [0.25, 0.3) is 0 Å². The van der Waals surface area contributed by atoms with Crippen LogP contribution in [0.5, 0.6) is 0 Å². The summed E-state index contributed by atoms with van der Waals surface area (Å²) in [4.78, 5) is 28.0. The van der Waals surface area contributed by atoms with Crippen LogP contribution in [0.25, 0.3) is 10.8 Å². The number of fused-ring (bicyclic) bond motifs is 1. The quantitative estimate of drug-likeness (QED) is 0.793. The number of carbonyl (C=O) groups is 2. The van der Waals surface area contributed by atoms with Crippen molar-refractivity contribution in [1.82, 2.24) is 4.90 Å². The molecule has 2 fully saturated rings. The summed E-state index contributed by atoms with van der Waals surface area (Å²) in [5.41, 5.74) is 0.786. The molecule has 136 valence electrons. The molecule has 2 aliphatic rings. The molecule has 4 rings (SSSR count). The Hall–Kier alpha value is -2.20. The molecule has 2 heterocycles. The molecule has 4 nitrogen and oxygen atoms in total. The van der Waals surface area contributed by atoms with E-state index in [0.717, 1.165) is 48.6 Å². The Labute approximate surface area is 154 Å². The fourth-order valence-electron chi connectivity index (χ4n) is 4.25. The average Bonchev–Trinajstić information content (AvgIpc) is 2.73. The molecule has 1 atom stereocenters. The number of piperidine rings is 1. The predicted octanol–water partition coefficient (Wildman–Crippen LogP) is 3.69. The third-order valence-electron chi connectivity index (χ3n) is 5.73. The van der Waals surface area contributed by atoms with E-state index in [1.54, 1.807) is 0 Å². The van der Waals surface area contributed by atoms with Crippen molar-refractivity contribution in [2.24, 2.45) is 11.8 Å². The van der Waals surface area contributed by atoms with Crippen LogP contribution in [0.2, 0.25) is 0 Å². The number of benzene rings is 2. The number of likely N-dealkylation sites (tertiary alicyclic amines) is 1. The Morgan fingerprint density at radius 3 is 2.54 bits per heavy atom. The van der Waals surface area contributed by atoms with Gasteiger partial charge in [0.2, 0.25) is 5.91 Å². The lowest BCUT2D eigenvalue weighted by atomic mass is 9.87. The minimum Gasteiger partial charge on any atom is -0.381 e. The van der Waals surface area contributed by atoms with Gasteiger partial charge in [-0.05, 0) is 36.5 Å². The minimum absolute atomic E-state index is 0.0650. The van der Waals surface area contributed by atoms with E-state index in [9.17, 15) is 9.59 Å². The van der Waals surface area contributed by atoms with E-state index in [4.69, 9.17) is 4.74 Å². The molecule has 2 aromatic carbocycles. The fraction of sp³-hybridized carbons (Fsp3) is 0.455. The Kier molecular flexibility index (Phi) is 5.02. The molecule has 0 radical (unpaired) electrons. The van der Waals surface area contributed by atoms with Crippen LogP contribution in [0.1, 0.15) is 36.0 Å². The lowest BCUT2D eigenvalue weighted by Crippen LogP contribution is -2.45. The number of amides is 1. The first-order valence-corrected chi connectivity index (χ1v) is 9.62. The average molecular weight is 351 g/mol. The molecule has 2 saturated heterocycles. The molecular weight excluding hydrogens is 326 g/mol. The van der Waals surface area contributed by atoms with E-state index < -0.39 is 0 Å². The third-order valence-corrected chi connectivity index (χ3v) is 5.73. The molecule has 2 aliphatic heterocycles. The van der Waals surface area contributed by atoms with E-state index in [-0.39, 0.29) is 23.5 Å². The number of nitrogens with zero attached hydrogens (tertiary/aromatic N) is 1. The van der Waals surface area contributed by atoms with Gasteiger partial charge >= 0.3 is 0 Å². The second-order valence-corrected chi connectivity index (χ2v) is 7.40. The number of Topliss-reactive ketones (excluding diaryl/α,β-unsaturated/α-hetero) is 1. The van der Waals surface area contributed by atoms with Gasteiger partial charge in [0, 0.05) is 43.7 Å². The first-order valence-electron chi connectivity index (χ1n) is 9.62. The Bertz CT molecular complexity index is 805. The van der Waals surface area contributed by atoms with Gasteiger partial charge in [-0.2, -0.15) is 0 Å². The van der Waals surface area contributed by atoms with Gasteiger partial charge in [-0.1, -0.05) is 42.5 Å². The second-order valence-electron chi connectivity index (χ2n) is 7.40. The standard InChI is InChI=1S/C22H25NO3/c24-21(20-9-3-6-16-5-1-2-8-19(16)20)18-7-4-12-23(15-18)22(25)17-10-13-26-14-11-17/h1-3,5-6,8-9,17-18H,4,7,10-15H2/t18-/m1/s1. The molecule has 0 N–H and O–H groups in total. The molecule has 0 spiro atoms. The van der Waals surface area contributed by atoms with E-state index >= 15 is 0 Å². The van der Waals surface area contributed by atoms with Crippen LogP contribution < -0.4 is 0 Å². The molecule has 0 unspecified atom stereocenters. The van der Waals surface area contributed by atoms with Crippen molar-refractivity contribution in [2.75, 3.05) is 26.3 Å². The summed E-state index contributed by atoms with van der Waals surface area (Å²) in [5.74, 6) is 0.350. The fourth-order valence-corrected chi connectivity index (χ4v) is 4.25. The molecule has 0 aliphatic carbocycles. The van der Waals surface area contributed by atoms with Crippen LogP contribution in [0.4, 0.5) is 0 Å². The zero-order valence-electron chi connectivity index (χ0n) is 15.0. The maximum absolute atomic E-state index is 13.2. The summed E-state index contributed by atoms with van der Waals surface area (Å²) in [6, 6.07) is 13.9. The van der Waals surface area contributed by atoms with Gasteiger partial charge in [-0.15, -0.1) is 0 Å². The molecule has 4 heteroatoms. The normalized spacial score (nSPS) is 21.7. The molecule has 0 bridgehead atoms. The molecule has 1 amide bonds. The summed E-state index contributed by atoms with van der Waals surface area (Å²) >= 11 is 0. The molecule has 26 heavy (non-hydrogen) atoms. The van der Waals surface area contributed by atoms with Crippen molar-refractivity contribution in [1.29, 1.82) is 0 Å². The molecule has 0 saturated carbocycles. The van der Waals surface area contributed by atoms with Crippen LogP contribution in [0, 0.1) is 11.8 Å². The smallest absolute Gasteiger partial charge is 0.225 e. The van der Waals surface area contributed by atoms with E-state index in [2.05, 4.69) is 0 Å². The van der Waals surface area contributed by atoms with Gasteiger partial charge in [0.05, 0.1) is 0 Å². The van der Waals surface area contributed by atoms with Crippen molar-refractivity contribution >= 4 is 22.5 Å². The summed E-state index contributed by atoms with van der Waals surface area (Å²) < 4.78 is 5.37.